The first-order valence-corrected chi connectivity index (χ1v) is 14.5. The smallest absolute Gasteiger partial charge is 0.315 e. The molecule has 3 amide bonds. The summed E-state index contributed by atoms with van der Waals surface area (Å²) in [7, 11) is -4.10. The fourth-order valence-electron chi connectivity index (χ4n) is 4.88. The molecule has 3 aliphatic heterocycles. The van der Waals surface area contributed by atoms with Gasteiger partial charge in [0.15, 0.2) is 17.7 Å². The van der Waals surface area contributed by atoms with Gasteiger partial charge < -0.3 is 26.2 Å². The molecule has 6 atom stereocenters. The molecule has 5 rings (SSSR count). The number of thioether (sulfide) groups is 1. The third kappa shape index (κ3) is 5.74. The summed E-state index contributed by atoms with van der Waals surface area (Å²) in [5.74, 6) is 0.456. The van der Waals surface area contributed by atoms with Crippen molar-refractivity contribution < 1.29 is 27.9 Å². The first kappa shape index (κ1) is 25.9. The molecular weight excluding hydrogens is 526 g/mol. The second kappa shape index (κ2) is 10.6. The normalized spacial score (nSPS) is 29.3. The number of rotatable bonds is 10. The Kier molecular flexibility index (Phi) is 7.39. The summed E-state index contributed by atoms with van der Waals surface area (Å²) in [6, 6.07) is 0.112. The number of fused-ring (bicyclic) bond motifs is 2. The molecule has 0 saturated carbocycles. The fourth-order valence-corrected chi connectivity index (χ4v) is 7.30. The lowest BCUT2D eigenvalue weighted by molar-refractivity contribution is -0.119. The van der Waals surface area contributed by atoms with Crippen molar-refractivity contribution in [2.24, 2.45) is 0 Å². The van der Waals surface area contributed by atoms with Crippen molar-refractivity contribution in [3.8, 4) is 0 Å². The molecule has 0 aliphatic carbocycles. The first-order valence-electron chi connectivity index (χ1n) is 12.0. The van der Waals surface area contributed by atoms with E-state index in [1.807, 2.05) is 4.72 Å². The second-order valence-electron chi connectivity index (χ2n) is 9.28. The summed E-state index contributed by atoms with van der Waals surface area (Å²) < 4.78 is 36.4. The van der Waals surface area contributed by atoms with Gasteiger partial charge in [-0.05, 0) is 12.8 Å². The number of nitrogens with zero attached hydrogens (tertiary/aromatic N) is 4. The van der Waals surface area contributed by atoms with E-state index in [0.717, 1.165) is 18.6 Å². The van der Waals surface area contributed by atoms with Crippen LogP contribution < -0.4 is 25.8 Å². The van der Waals surface area contributed by atoms with Crippen LogP contribution in [0.2, 0.25) is 0 Å². The standard InChI is InChI=1S/C20H29N9O6S2/c21-17-16-18(23-8-22-17)29(9-24-16)19-12(30)5-10(35-19)6-25-37(33,34)28-14(31)4-2-1-3-13-15-11(7-36-13)26-20(32)27-15/h8-13,15,19,25,30H,1-7H2,(H,28,31)(H2,21,22,23)(H2,26,27,32)/t10-,11?,12+,13+,15?,19+/m0/s1. The molecule has 0 radical (unpaired) electrons. The van der Waals surface area contributed by atoms with E-state index in [0.29, 0.717) is 17.6 Å². The molecule has 37 heavy (non-hydrogen) atoms. The molecule has 17 heteroatoms. The highest BCUT2D eigenvalue weighted by atomic mass is 32.2. The van der Waals surface area contributed by atoms with Crippen LogP contribution in [0.25, 0.3) is 11.2 Å². The Labute approximate surface area is 216 Å². The zero-order chi connectivity index (χ0) is 26.2. The maximum absolute atomic E-state index is 12.3. The highest BCUT2D eigenvalue weighted by Crippen LogP contribution is 2.33. The minimum atomic E-state index is -4.10. The molecule has 0 aromatic carbocycles. The Morgan fingerprint density at radius 3 is 2.97 bits per heavy atom. The molecule has 3 saturated heterocycles. The predicted octanol–water partition coefficient (Wildman–Crippen LogP) is -1.27. The number of ether oxygens (including phenoxy) is 1. The SMILES string of the molecule is Nc1ncnc2c1ncn2[C@@H]1O[C@H](CNS(=O)(=O)NC(=O)CCCC[C@H]2SCC3NC(=O)NC32)C[C@H]1O. The highest BCUT2D eigenvalue weighted by Gasteiger charge is 2.42. The van der Waals surface area contributed by atoms with E-state index in [1.165, 1.54) is 17.2 Å². The van der Waals surface area contributed by atoms with Crippen molar-refractivity contribution in [3.63, 3.8) is 0 Å². The molecular formula is C20H29N9O6S2. The van der Waals surface area contributed by atoms with Crippen LogP contribution in [0, 0.1) is 0 Å². The van der Waals surface area contributed by atoms with Crippen molar-refractivity contribution in [1.82, 2.24) is 39.6 Å². The van der Waals surface area contributed by atoms with Gasteiger partial charge >= 0.3 is 16.2 Å². The van der Waals surface area contributed by atoms with Gasteiger partial charge in [-0.3, -0.25) is 9.36 Å². The average molecular weight is 556 g/mol. The van der Waals surface area contributed by atoms with Gasteiger partial charge in [0.25, 0.3) is 0 Å². The number of imidazole rings is 1. The van der Waals surface area contributed by atoms with E-state index >= 15 is 0 Å². The molecule has 2 unspecified atom stereocenters. The molecule has 202 valence electrons. The van der Waals surface area contributed by atoms with Gasteiger partial charge in [-0.1, -0.05) is 6.42 Å². The average Bonchev–Trinajstić information content (AvgIpc) is 3.59. The number of aliphatic hydroxyl groups is 1. The minimum Gasteiger partial charge on any atom is -0.388 e. The largest absolute Gasteiger partial charge is 0.388 e. The van der Waals surface area contributed by atoms with Crippen molar-refractivity contribution in [2.75, 3.05) is 18.0 Å². The number of carbonyl (C=O) groups is 2. The van der Waals surface area contributed by atoms with Crippen LogP contribution in [-0.2, 0) is 19.7 Å². The van der Waals surface area contributed by atoms with Crippen LogP contribution in [0.15, 0.2) is 12.7 Å². The molecule has 7 N–H and O–H groups in total. The van der Waals surface area contributed by atoms with Gasteiger partial charge in [0.1, 0.15) is 17.9 Å². The zero-order valence-electron chi connectivity index (χ0n) is 19.7. The Hall–Kier alpha value is -2.73. The van der Waals surface area contributed by atoms with Crippen LogP contribution in [0.4, 0.5) is 10.6 Å². The summed E-state index contributed by atoms with van der Waals surface area (Å²) in [6.07, 6.45) is 2.65. The van der Waals surface area contributed by atoms with E-state index < -0.39 is 34.6 Å². The van der Waals surface area contributed by atoms with Crippen LogP contribution in [-0.4, -0.2) is 86.8 Å². The number of anilines is 1. The number of aliphatic hydroxyl groups excluding tert-OH is 1. The molecule has 3 fully saturated rings. The number of amides is 3. The quantitative estimate of drug-likeness (QED) is 0.150. The van der Waals surface area contributed by atoms with Crippen LogP contribution in [0.5, 0.6) is 0 Å². The molecule has 2 aromatic rings. The first-order chi connectivity index (χ1) is 17.7. The van der Waals surface area contributed by atoms with E-state index in [1.54, 1.807) is 11.8 Å². The monoisotopic (exact) mass is 555 g/mol. The third-order valence-electron chi connectivity index (χ3n) is 6.66. The van der Waals surface area contributed by atoms with Crippen LogP contribution in [0.3, 0.4) is 0 Å². The van der Waals surface area contributed by atoms with Crippen LogP contribution >= 0.6 is 11.8 Å². The number of nitrogens with two attached hydrogens (primary N) is 1. The molecule has 0 spiro atoms. The zero-order valence-corrected chi connectivity index (χ0v) is 21.4. The molecule has 2 aromatic heterocycles. The topological polar surface area (TPSA) is 215 Å². The molecule has 3 aliphatic rings. The predicted molar refractivity (Wildman–Crippen MR) is 133 cm³/mol. The van der Waals surface area contributed by atoms with Crippen molar-refractivity contribution in [2.45, 2.75) is 67.9 Å². The number of nitrogen functional groups attached to an aromatic ring is 1. The Morgan fingerprint density at radius 1 is 1.30 bits per heavy atom. The summed E-state index contributed by atoms with van der Waals surface area (Å²) in [5, 5.41) is 16.6. The number of urea groups is 1. The Bertz CT molecular complexity index is 1270. The van der Waals surface area contributed by atoms with E-state index in [4.69, 9.17) is 10.5 Å². The van der Waals surface area contributed by atoms with Crippen LogP contribution in [0.1, 0.15) is 38.3 Å². The van der Waals surface area contributed by atoms with Crippen molar-refractivity contribution in [1.29, 1.82) is 0 Å². The van der Waals surface area contributed by atoms with E-state index in [9.17, 15) is 23.1 Å². The maximum atomic E-state index is 12.3. The number of nitrogens with one attached hydrogen (secondary N) is 4. The molecule has 15 nitrogen and oxygen atoms in total. The van der Waals surface area contributed by atoms with Crippen molar-refractivity contribution >= 4 is 50.9 Å². The van der Waals surface area contributed by atoms with Gasteiger partial charge in [0.2, 0.25) is 5.91 Å². The number of unbranched alkanes of at least 4 members (excludes halogenated alkanes) is 1. The summed E-state index contributed by atoms with van der Waals surface area (Å²) >= 11 is 1.79. The summed E-state index contributed by atoms with van der Waals surface area (Å²) in [6.45, 7) is -0.138. The second-order valence-corrected chi connectivity index (χ2v) is 12.1. The lowest BCUT2D eigenvalue weighted by atomic mass is 10.0. The molecule has 0 bridgehead atoms. The van der Waals surface area contributed by atoms with E-state index in [2.05, 4.69) is 30.3 Å². The van der Waals surface area contributed by atoms with E-state index in [-0.39, 0.29) is 48.6 Å². The van der Waals surface area contributed by atoms with Gasteiger partial charge in [0.05, 0.1) is 24.5 Å². The van der Waals surface area contributed by atoms with Gasteiger partial charge in [0, 0.05) is 30.4 Å². The number of carbonyl (C=O) groups excluding carboxylic acids is 2. The molecule has 5 heterocycles. The highest BCUT2D eigenvalue weighted by molar-refractivity contribution is 8.00. The number of hydrogen-bond donors (Lipinski definition) is 6. The fraction of sp³-hybridized carbons (Fsp3) is 0.650. The van der Waals surface area contributed by atoms with Gasteiger partial charge in [-0.15, -0.1) is 0 Å². The minimum absolute atomic E-state index is 0.0659. The maximum Gasteiger partial charge on any atom is 0.315 e. The number of aromatic nitrogens is 4. The Balaban J connectivity index is 1.04. The third-order valence-corrected chi connectivity index (χ3v) is 9.21. The summed E-state index contributed by atoms with van der Waals surface area (Å²) in [4.78, 5) is 35.8. The Morgan fingerprint density at radius 2 is 2.14 bits per heavy atom. The number of hydrogen-bond acceptors (Lipinski definition) is 11. The lowest BCUT2D eigenvalue weighted by Gasteiger charge is -2.17. The van der Waals surface area contributed by atoms with Gasteiger partial charge in [-0.25, -0.2) is 24.5 Å². The van der Waals surface area contributed by atoms with Crippen molar-refractivity contribution in [3.05, 3.63) is 12.7 Å². The summed E-state index contributed by atoms with van der Waals surface area (Å²) in [5.41, 5.74) is 6.56. The van der Waals surface area contributed by atoms with Gasteiger partial charge in [-0.2, -0.15) is 24.9 Å². The lowest BCUT2D eigenvalue weighted by Crippen LogP contribution is -2.43.